The van der Waals surface area contributed by atoms with Crippen LogP contribution in [0.2, 0.25) is 0 Å². The lowest BCUT2D eigenvalue weighted by molar-refractivity contribution is 0.291. The minimum absolute atomic E-state index is 0.258. The van der Waals surface area contributed by atoms with E-state index < -0.39 is 0 Å². The van der Waals surface area contributed by atoms with Crippen molar-refractivity contribution in [2.45, 2.75) is 26.1 Å². The SMILES string of the molecule is C[C@H](NCc1cnn(C)c1)c1ccc(OCc2nccn2C)cc1. The molecule has 1 atom stereocenters. The Hall–Kier alpha value is -2.60. The van der Waals surface area contributed by atoms with Crippen LogP contribution in [0, 0.1) is 0 Å². The van der Waals surface area contributed by atoms with Gasteiger partial charge in [-0.1, -0.05) is 12.1 Å². The van der Waals surface area contributed by atoms with E-state index in [4.69, 9.17) is 4.74 Å². The van der Waals surface area contributed by atoms with Crippen molar-refractivity contribution in [2.24, 2.45) is 14.1 Å². The zero-order valence-electron chi connectivity index (χ0n) is 14.3. The zero-order valence-corrected chi connectivity index (χ0v) is 14.3. The highest BCUT2D eigenvalue weighted by atomic mass is 16.5. The Morgan fingerprint density at radius 3 is 2.62 bits per heavy atom. The quantitative estimate of drug-likeness (QED) is 0.725. The average molecular weight is 325 g/mol. The van der Waals surface area contributed by atoms with Crippen LogP contribution in [0.25, 0.3) is 0 Å². The van der Waals surface area contributed by atoms with Crippen LogP contribution in [0.4, 0.5) is 0 Å². The summed E-state index contributed by atoms with van der Waals surface area (Å²) < 4.78 is 9.56. The van der Waals surface area contributed by atoms with Gasteiger partial charge in [-0.3, -0.25) is 4.68 Å². The number of imidazole rings is 1. The molecular formula is C18H23N5O. The summed E-state index contributed by atoms with van der Waals surface area (Å²) in [6.45, 7) is 3.42. The fourth-order valence-corrected chi connectivity index (χ4v) is 2.49. The van der Waals surface area contributed by atoms with Crippen molar-refractivity contribution in [1.29, 1.82) is 0 Å². The van der Waals surface area contributed by atoms with E-state index >= 15 is 0 Å². The van der Waals surface area contributed by atoms with Gasteiger partial charge in [0.25, 0.3) is 0 Å². The van der Waals surface area contributed by atoms with Crippen LogP contribution in [0.1, 0.15) is 29.9 Å². The van der Waals surface area contributed by atoms with Crippen LogP contribution in [0.3, 0.4) is 0 Å². The van der Waals surface area contributed by atoms with Gasteiger partial charge in [-0.05, 0) is 24.6 Å². The predicted octanol–water partition coefficient (Wildman–Crippen LogP) is 2.58. The number of benzene rings is 1. The summed E-state index contributed by atoms with van der Waals surface area (Å²) in [6.07, 6.45) is 7.59. The van der Waals surface area contributed by atoms with Crippen molar-refractivity contribution >= 4 is 0 Å². The average Bonchev–Trinajstić information content (AvgIpc) is 3.19. The van der Waals surface area contributed by atoms with E-state index in [2.05, 4.69) is 34.5 Å². The summed E-state index contributed by atoms with van der Waals surface area (Å²) in [5, 5.41) is 7.68. The van der Waals surface area contributed by atoms with Crippen LogP contribution in [-0.2, 0) is 27.2 Å². The second-order valence-electron chi connectivity index (χ2n) is 5.94. The summed E-state index contributed by atoms with van der Waals surface area (Å²) in [6, 6.07) is 8.44. The number of hydrogen-bond donors (Lipinski definition) is 1. The normalized spacial score (nSPS) is 12.3. The smallest absolute Gasteiger partial charge is 0.146 e. The Bertz CT molecular complexity index is 775. The fraction of sp³-hybridized carbons (Fsp3) is 0.333. The second kappa shape index (κ2) is 7.31. The van der Waals surface area contributed by atoms with Gasteiger partial charge < -0.3 is 14.6 Å². The van der Waals surface area contributed by atoms with Gasteiger partial charge in [-0.25, -0.2) is 4.98 Å². The van der Waals surface area contributed by atoms with Crippen molar-refractivity contribution < 1.29 is 4.74 Å². The Kier molecular flexibility index (Phi) is 4.96. The summed E-state index contributed by atoms with van der Waals surface area (Å²) in [5.74, 6) is 1.76. The highest BCUT2D eigenvalue weighted by Crippen LogP contribution is 2.18. The number of aromatic nitrogens is 4. The van der Waals surface area contributed by atoms with Crippen molar-refractivity contribution in [3.05, 3.63) is 66.0 Å². The minimum atomic E-state index is 0.258. The Morgan fingerprint density at radius 2 is 2.00 bits per heavy atom. The molecule has 0 saturated heterocycles. The molecule has 0 fully saturated rings. The zero-order chi connectivity index (χ0) is 16.9. The van der Waals surface area contributed by atoms with E-state index in [9.17, 15) is 0 Å². The molecule has 0 amide bonds. The standard InChI is InChI=1S/C18H23N5O/c1-14(20-10-15-11-21-23(3)12-15)16-4-6-17(7-5-16)24-13-18-19-8-9-22(18)2/h4-9,11-12,14,20H,10,13H2,1-3H3/t14-/m0/s1. The molecule has 24 heavy (non-hydrogen) atoms. The highest BCUT2D eigenvalue weighted by Gasteiger charge is 2.07. The first-order chi connectivity index (χ1) is 11.6. The molecule has 3 rings (SSSR count). The van der Waals surface area contributed by atoms with Crippen LogP contribution >= 0.6 is 0 Å². The van der Waals surface area contributed by atoms with Gasteiger partial charge in [-0.15, -0.1) is 0 Å². The molecule has 0 aliphatic carbocycles. The molecule has 6 heteroatoms. The molecule has 1 N–H and O–H groups in total. The number of aryl methyl sites for hydroxylation is 2. The van der Waals surface area contributed by atoms with Crippen molar-refractivity contribution in [3.63, 3.8) is 0 Å². The molecule has 2 aromatic heterocycles. The molecule has 0 aliphatic rings. The molecule has 0 saturated carbocycles. The Labute approximate surface area is 142 Å². The van der Waals surface area contributed by atoms with E-state index in [-0.39, 0.29) is 6.04 Å². The van der Waals surface area contributed by atoms with E-state index in [1.165, 1.54) is 11.1 Å². The third-order valence-corrected chi connectivity index (χ3v) is 4.04. The molecule has 6 nitrogen and oxygen atoms in total. The maximum atomic E-state index is 5.78. The number of hydrogen-bond acceptors (Lipinski definition) is 4. The highest BCUT2D eigenvalue weighted by molar-refractivity contribution is 5.29. The Balaban J connectivity index is 1.52. The predicted molar refractivity (Wildman–Crippen MR) is 92.4 cm³/mol. The number of nitrogens with one attached hydrogen (secondary N) is 1. The second-order valence-corrected chi connectivity index (χ2v) is 5.94. The van der Waals surface area contributed by atoms with Gasteiger partial charge in [0.2, 0.25) is 0 Å². The van der Waals surface area contributed by atoms with E-state index in [1.54, 1.807) is 6.20 Å². The molecule has 0 spiro atoms. The molecule has 0 unspecified atom stereocenters. The van der Waals surface area contributed by atoms with Gasteiger partial charge in [0.1, 0.15) is 18.2 Å². The molecule has 0 radical (unpaired) electrons. The number of nitrogens with zero attached hydrogens (tertiary/aromatic N) is 4. The molecular weight excluding hydrogens is 302 g/mol. The monoisotopic (exact) mass is 325 g/mol. The summed E-state index contributed by atoms with van der Waals surface area (Å²) >= 11 is 0. The maximum absolute atomic E-state index is 5.78. The van der Waals surface area contributed by atoms with E-state index in [1.807, 2.05) is 54.1 Å². The lowest BCUT2D eigenvalue weighted by atomic mass is 10.1. The van der Waals surface area contributed by atoms with Gasteiger partial charge in [0, 0.05) is 50.8 Å². The lowest BCUT2D eigenvalue weighted by Gasteiger charge is -2.14. The molecule has 3 aromatic rings. The lowest BCUT2D eigenvalue weighted by Crippen LogP contribution is -2.17. The summed E-state index contributed by atoms with van der Waals surface area (Å²) in [7, 11) is 3.89. The molecule has 2 heterocycles. The van der Waals surface area contributed by atoms with Gasteiger partial charge >= 0.3 is 0 Å². The van der Waals surface area contributed by atoms with Crippen molar-refractivity contribution in [2.75, 3.05) is 0 Å². The van der Waals surface area contributed by atoms with Crippen molar-refractivity contribution in [3.8, 4) is 5.75 Å². The molecule has 1 aromatic carbocycles. The van der Waals surface area contributed by atoms with E-state index in [0.29, 0.717) is 6.61 Å². The number of ether oxygens (including phenoxy) is 1. The summed E-state index contributed by atoms with van der Waals surface area (Å²) in [4.78, 5) is 4.25. The van der Waals surface area contributed by atoms with Gasteiger partial charge in [-0.2, -0.15) is 5.10 Å². The van der Waals surface area contributed by atoms with Crippen LogP contribution in [0.5, 0.6) is 5.75 Å². The first kappa shape index (κ1) is 16.3. The first-order valence-corrected chi connectivity index (χ1v) is 8.01. The summed E-state index contributed by atoms with van der Waals surface area (Å²) in [5.41, 5.74) is 2.41. The largest absolute Gasteiger partial charge is 0.486 e. The van der Waals surface area contributed by atoms with Crippen LogP contribution in [-0.4, -0.2) is 19.3 Å². The van der Waals surface area contributed by atoms with Crippen LogP contribution in [0.15, 0.2) is 49.1 Å². The molecule has 0 aliphatic heterocycles. The topological polar surface area (TPSA) is 56.9 Å². The molecule has 0 bridgehead atoms. The van der Waals surface area contributed by atoms with Gasteiger partial charge in [0.15, 0.2) is 0 Å². The van der Waals surface area contributed by atoms with Crippen LogP contribution < -0.4 is 10.1 Å². The fourth-order valence-electron chi connectivity index (χ4n) is 2.49. The van der Waals surface area contributed by atoms with E-state index in [0.717, 1.165) is 18.1 Å². The Morgan fingerprint density at radius 1 is 1.21 bits per heavy atom. The maximum Gasteiger partial charge on any atom is 0.146 e. The minimum Gasteiger partial charge on any atom is -0.486 e. The molecule has 126 valence electrons. The van der Waals surface area contributed by atoms with Gasteiger partial charge in [0.05, 0.1) is 6.20 Å². The number of rotatable bonds is 7. The third kappa shape index (κ3) is 4.02. The van der Waals surface area contributed by atoms with Crippen molar-refractivity contribution in [1.82, 2.24) is 24.6 Å². The third-order valence-electron chi connectivity index (χ3n) is 4.04. The first-order valence-electron chi connectivity index (χ1n) is 8.01.